The summed E-state index contributed by atoms with van der Waals surface area (Å²) in [6, 6.07) is 5.70. The number of halogens is 2. The van der Waals surface area contributed by atoms with Gasteiger partial charge in [-0.2, -0.15) is 4.37 Å². The number of rotatable bonds is 6. The quantitative estimate of drug-likeness (QED) is 0.606. The molecule has 1 heterocycles. The number of carbonyl (C=O) groups excluding carboxylic acids is 2. The lowest BCUT2D eigenvalue weighted by atomic mass is 9.60. The molecule has 0 spiro atoms. The smallest absolute Gasteiger partial charge is 0.263 e. The lowest BCUT2D eigenvalue weighted by Crippen LogP contribution is -2.70. The molecular formula is C21H23ClFN3O4S. The van der Waals surface area contributed by atoms with Crippen LogP contribution in [0.1, 0.15) is 47.5 Å². The van der Waals surface area contributed by atoms with Gasteiger partial charge in [-0.3, -0.25) is 9.59 Å². The molecule has 7 nitrogen and oxygen atoms in total. The highest BCUT2D eigenvalue weighted by atomic mass is 35.5. The minimum absolute atomic E-state index is 0.0238. The molecule has 0 aliphatic heterocycles. The van der Waals surface area contributed by atoms with Crippen molar-refractivity contribution in [3.63, 3.8) is 0 Å². The number of ether oxygens (including phenoxy) is 1. The Labute approximate surface area is 188 Å². The Morgan fingerprint density at radius 2 is 2.03 bits per heavy atom. The Balaban J connectivity index is 1.34. The first-order valence-electron chi connectivity index (χ1n) is 10.0. The summed E-state index contributed by atoms with van der Waals surface area (Å²) >= 11 is 6.80. The van der Waals surface area contributed by atoms with Crippen LogP contribution in [0.3, 0.4) is 0 Å². The Hall–Kier alpha value is -2.23. The topological polar surface area (TPSA) is 101 Å². The van der Waals surface area contributed by atoms with Crippen LogP contribution >= 0.6 is 23.1 Å². The van der Waals surface area contributed by atoms with Gasteiger partial charge in [-0.25, -0.2) is 4.39 Å². The monoisotopic (exact) mass is 467 g/mol. The van der Waals surface area contributed by atoms with Crippen molar-refractivity contribution in [2.45, 2.75) is 56.2 Å². The number of aliphatic hydroxyl groups is 1. The number of aliphatic hydroxyl groups excluding tert-OH is 1. The molecule has 0 radical (unpaired) electrons. The van der Waals surface area contributed by atoms with Gasteiger partial charge in [0.15, 0.2) is 6.61 Å². The SMILES string of the molecule is Cc1cc(C(=O)NC23CCC(NC(=O)COc4ccc(Cl)c(F)c4)(CC2)C(O)C3)sn1. The molecule has 0 saturated heterocycles. The van der Waals surface area contributed by atoms with Gasteiger partial charge in [-0.15, -0.1) is 0 Å². The normalized spacial score (nSPS) is 27.0. The van der Waals surface area contributed by atoms with Gasteiger partial charge in [0.1, 0.15) is 16.4 Å². The highest BCUT2D eigenvalue weighted by Crippen LogP contribution is 2.47. The van der Waals surface area contributed by atoms with Crippen LogP contribution in [-0.2, 0) is 4.79 Å². The molecule has 166 valence electrons. The van der Waals surface area contributed by atoms with E-state index in [0.717, 1.165) is 23.3 Å². The number of carbonyl (C=O) groups is 2. The van der Waals surface area contributed by atoms with Crippen molar-refractivity contribution in [3.8, 4) is 5.75 Å². The third kappa shape index (κ3) is 4.53. The lowest BCUT2D eigenvalue weighted by Gasteiger charge is -2.56. The van der Waals surface area contributed by atoms with Gasteiger partial charge >= 0.3 is 0 Å². The Bertz CT molecular complexity index is 1010. The number of benzene rings is 1. The molecule has 3 saturated carbocycles. The number of hydrogen-bond donors (Lipinski definition) is 3. The molecule has 1 atom stereocenters. The summed E-state index contributed by atoms with van der Waals surface area (Å²) in [6.45, 7) is 1.53. The molecule has 1 aromatic heterocycles. The molecule has 10 heteroatoms. The molecule has 1 unspecified atom stereocenters. The highest BCUT2D eigenvalue weighted by molar-refractivity contribution is 7.08. The van der Waals surface area contributed by atoms with Crippen LogP contribution in [0.15, 0.2) is 24.3 Å². The van der Waals surface area contributed by atoms with Gasteiger partial charge in [0, 0.05) is 11.6 Å². The zero-order valence-corrected chi connectivity index (χ0v) is 18.5. The van der Waals surface area contributed by atoms with Crippen molar-refractivity contribution < 1.29 is 23.8 Å². The first kappa shape index (κ1) is 22.0. The van der Waals surface area contributed by atoms with E-state index in [1.807, 2.05) is 6.92 Å². The van der Waals surface area contributed by atoms with E-state index in [4.69, 9.17) is 16.3 Å². The first-order chi connectivity index (χ1) is 14.7. The summed E-state index contributed by atoms with van der Waals surface area (Å²) in [5.74, 6) is -1.00. The van der Waals surface area contributed by atoms with E-state index in [0.29, 0.717) is 37.0 Å². The number of aryl methyl sites for hydroxylation is 1. The maximum Gasteiger partial charge on any atom is 0.263 e. The maximum atomic E-state index is 13.5. The Morgan fingerprint density at radius 1 is 1.29 bits per heavy atom. The molecule has 3 fully saturated rings. The minimum Gasteiger partial charge on any atom is -0.484 e. The second kappa shape index (κ2) is 8.37. The number of nitrogens with zero attached hydrogens (tertiary/aromatic N) is 1. The van der Waals surface area contributed by atoms with Crippen LogP contribution in [0.5, 0.6) is 5.75 Å². The van der Waals surface area contributed by atoms with E-state index in [-0.39, 0.29) is 23.3 Å². The summed E-state index contributed by atoms with van der Waals surface area (Å²) in [7, 11) is 0. The molecule has 2 bridgehead atoms. The van der Waals surface area contributed by atoms with Crippen LogP contribution in [0, 0.1) is 12.7 Å². The number of fused-ring (bicyclic) bond motifs is 3. The molecule has 2 aromatic rings. The second-order valence-corrected chi connectivity index (χ2v) is 9.57. The van der Waals surface area contributed by atoms with E-state index in [1.54, 1.807) is 6.07 Å². The fourth-order valence-corrected chi connectivity index (χ4v) is 5.23. The molecule has 3 aliphatic carbocycles. The van der Waals surface area contributed by atoms with Crippen LogP contribution in [0.4, 0.5) is 4.39 Å². The highest BCUT2D eigenvalue weighted by Gasteiger charge is 2.55. The van der Waals surface area contributed by atoms with Gasteiger partial charge in [0.05, 0.1) is 22.4 Å². The van der Waals surface area contributed by atoms with Crippen LogP contribution in [-0.4, -0.2) is 45.1 Å². The fourth-order valence-electron chi connectivity index (χ4n) is 4.46. The number of aromatic nitrogens is 1. The Kier molecular flexibility index (Phi) is 5.93. The number of amides is 2. The molecule has 2 amide bonds. The van der Waals surface area contributed by atoms with Crippen molar-refractivity contribution in [3.05, 3.63) is 45.7 Å². The average molecular weight is 468 g/mol. The van der Waals surface area contributed by atoms with Crippen molar-refractivity contribution in [1.82, 2.24) is 15.0 Å². The van der Waals surface area contributed by atoms with Gasteiger partial charge in [-0.05, 0) is 68.8 Å². The maximum absolute atomic E-state index is 13.5. The van der Waals surface area contributed by atoms with E-state index in [9.17, 15) is 19.1 Å². The van der Waals surface area contributed by atoms with E-state index in [1.165, 1.54) is 12.1 Å². The minimum atomic E-state index is -0.796. The molecular weight excluding hydrogens is 445 g/mol. The van der Waals surface area contributed by atoms with Crippen LogP contribution in [0.2, 0.25) is 5.02 Å². The van der Waals surface area contributed by atoms with Gasteiger partial charge in [0.2, 0.25) is 0 Å². The van der Waals surface area contributed by atoms with E-state index >= 15 is 0 Å². The summed E-state index contributed by atoms with van der Waals surface area (Å²) in [5.41, 5.74) is -0.442. The number of nitrogens with one attached hydrogen (secondary N) is 2. The molecule has 5 rings (SSSR count). The Morgan fingerprint density at radius 3 is 2.65 bits per heavy atom. The zero-order valence-electron chi connectivity index (χ0n) is 16.9. The first-order valence-corrected chi connectivity index (χ1v) is 11.2. The predicted molar refractivity (Wildman–Crippen MR) is 114 cm³/mol. The predicted octanol–water partition coefficient (Wildman–Crippen LogP) is 2.99. The molecule has 3 N–H and O–H groups in total. The van der Waals surface area contributed by atoms with Gasteiger partial charge in [-0.1, -0.05) is 11.6 Å². The standard InChI is InChI=1S/C21H23ClFN3O4S/c1-12-8-16(31-26-12)19(29)25-20-4-6-21(7-5-20,17(27)10-20)24-18(28)11-30-13-2-3-14(22)15(23)9-13/h2-3,8-9,17,27H,4-7,10-11H2,1H3,(H,24,28)(H,25,29). The van der Waals surface area contributed by atoms with Crippen molar-refractivity contribution in [2.24, 2.45) is 0 Å². The molecule has 3 aliphatic rings. The number of hydrogen-bond acceptors (Lipinski definition) is 6. The average Bonchev–Trinajstić information content (AvgIpc) is 3.17. The summed E-state index contributed by atoms with van der Waals surface area (Å²) in [4.78, 5) is 25.6. The largest absolute Gasteiger partial charge is 0.484 e. The van der Waals surface area contributed by atoms with Gasteiger partial charge in [0.25, 0.3) is 11.8 Å². The van der Waals surface area contributed by atoms with E-state index < -0.39 is 28.9 Å². The van der Waals surface area contributed by atoms with Gasteiger partial charge < -0.3 is 20.5 Å². The van der Waals surface area contributed by atoms with E-state index in [2.05, 4.69) is 15.0 Å². The third-order valence-corrected chi connectivity index (χ3v) is 7.39. The summed E-state index contributed by atoms with van der Waals surface area (Å²) < 4.78 is 23.0. The van der Waals surface area contributed by atoms with Crippen molar-refractivity contribution >= 4 is 34.9 Å². The molecule has 31 heavy (non-hydrogen) atoms. The summed E-state index contributed by atoms with van der Waals surface area (Å²) in [6.07, 6.45) is 1.94. The zero-order chi connectivity index (χ0) is 22.2. The van der Waals surface area contributed by atoms with Crippen molar-refractivity contribution in [2.75, 3.05) is 6.61 Å². The molecule has 1 aromatic carbocycles. The fraction of sp³-hybridized carbons (Fsp3) is 0.476. The van der Waals surface area contributed by atoms with Crippen molar-refractivity contribution in [1.29, 1.82) is 0 Å². The summed E-state index contributed by atoms with van der Waals surface area (Å²) in [5, 5.41) is 16.8. The van der Waals surface area contributed by atoms with Crippen LogP contribution in [0.25, 0.3) is 0 Å². The van der Waals surface area contributed by atoms with Crippen LogP contribution < -0.4 is 15.4 Å². The second-order valence-electron chi connectivity index (χ2n) is 8.36. The lowest BCUT2D eigenvalue weighted by molar-refractivity contribution is -0.132. The third-order valence-electron chi connectivity index (χ3n) is 6.20.